The third-order valence-corrected chi connectivity index (χ3v) is 3.31. The van der Waals surface area contributed by atoms with Crippen molar-refractivity contribution >= 4 is 17.3 Å². The Bertz CT molecular complexity index is 587. The van der Waals surface area contributed by atoms with Crippen LogP contribution in [0.3, 0.4) is 0 Å². The second-order valence-electron chi connectivity index (χ2n) is 3.55. The van der Waals surface area contributed by atoms with Crippen molar-refractivity contribution in [1.29, 1.82) is 0 Å². The molecule has 18 heavy (non-hydrogen) atoms. The summed E-state index contributed by atoms with van der Waals surface area (Å²) < 4.78 is 38.4. The summed E-state index contributed by atoms with van der Waals surface area (Å²) in [5, 5.41) is 10.1. The Morgan fingerprint density at radius 2 is 1.89 bits per heavy atom. The summed E-state index contributed by atoms with van der Waals surface area (Å²) in [4.78, 5) is 11.0. The molecule has 0 aliphatic carbocycles. The zero-order valence-corrected chi connectivity index (χ0v) is 9.68. The molecule has 2 rings (SSSR count). The Hall–Kier alpha value is -1.82. The molecule has 0 aliphatic rings. The first-order chi connectivity index (χ1) is 8.39. The lowest BCUT2D eigenvalue weighted by atomic mass is 10.1. The molecule has 0 atom stereocenters. The van der Waals surface area contributed by atoms with E-state index in [2.05, 4.69) is 0 Å². The summed E-state index contributed by atoms with van der Waals surface area (Å²) in [6, 6.07) is 6.36. The molecule has 0 saturated heterocycles. The molecular formula is C12H7F3O2S. The topological polar surface area (TPSA) is 37.3 Å². The minimum atomic E-state index is -4.45. The van der Waals surface area contributed by atoms with Gasteiger partial charge < -0.3 is 5.11 Å². The predicted molar refractivity (Wildman–Crippen MR) is 61.7 cm³/mol. The monoisotopic (exact) mass is 272 g/mol. The van der Waals surface area contributed by atoms with Crippen LogP contribution in [0, 0.1) is 0 Å². The lowest BCUT2D eigenvalue weighted by molar-refractivity contribution is -0.137. The second kappa shape index (κ2) is 4.45. The Labute approximate surface area is 104 Å². The molecule has 1 aromatic carbocycles. The number of hydrogen-bond acceptors (Lipinski definition) is 2. The molecule has 0 amide bonds. The Kier molecular flexibility index (Phi) is 3.13. The van der Waals surface area contributed by atoms with Crippen molar-refractivity contribution < 1.29 is 23.1 Å². The van der Waals surface area contributed by atoms with E-state index in [9.17, 15) is 18.0 Å². The van der Waals surface area contributed by atoms with Gasteiger partial charge in [-0.25, -0.2) is 4.79 Å². The van der Waals surface area contributed by atoms with Crippen molar-refractivity contribution in [3.05, 3.63) is 46.8 Å². The average molecular weight is 272 g/mol. The van der Waals surface area contributed by atoms with Gasteiger partial charge in [0, 0.05) is 15.8 Å². The van der Waals surface area contributed by atoms with Gasteiger partial charge in [0.25, 0.3) is 0 Å². The number of hydrogen-bond donors (Lipinski definition) is 1. The lowest BCUT2D eigenvalue weighted by Crippen LogP contribution is -2.06. The van der Waals surface area contributed by atoms with Crippen LogP contribution < -0.4 is 0 Å². The van der Waals surface area contributed by atoms with Crippen LogP contribution in [-0.4, -0.2) is 11.1 Å². The fourth-order valence-electron chi connectivity index (χ4n) is 1.53. The predicted octanol–water partition coefficient (Wildman–Crippen LogP) is 4.13. The highest BCUT2D eigenvalue weighted by Gasteiger charge is 2.33. The van der Waals surface area contributed by atoms with Crippen molar-refractivity contribution in [3.8, 4) is 10.4 Å². The number of carboxylic acids is 1. The summed E-state index contributed by atoms with van der Waals surface area (Å²) in [6.45, 7) is 0. The maximum atomic E-state index is 12.8. The van der Waals surface area contributed by atoms with Gasteiger partial charge in [0.15, 0.2) is 0 Å². The summed E-state index contributed by atoms with van der Waals surface area (Å²) in [7, 11) is 0. The quantitative estimate of drug-likeness (QED) is 0.892. The van der Waals surface area contributed by atoms with Crippen LogP contribution in [0.5, 0.6) is 0 Å². The van der Waals surface area contributed by atoms with Crippen molar-refractivity contribution in [3.63, 3.8) is 0 Å². The maximum absolute atomic E-state index is 12.8. The summed E-state index contributed by atoms with van der Waals surface area (Å²) >= 11 is 0.980. The van der Waals surface area contributed by atoms with E-state index in [1.807, 2.05) is 0 Å². The number of carbonyl (C=O) groups is 1. The van der Waals surface area contributed by atoms with E-state index in [0.717, 1.165) is 17.4 Å². The summed E-state index contributed by atoms with van der Waals surface area (Å²) in [6.07, 6.45) is -4.45. The van der Waals surface area contributed by atoms with Crippen LogP contribution in [0.15, 0.2) is 35.7 Å². The molecule has 0 spiro atoms. The van der Waals surface area contributed by atoms with Crippen molar-refractivity contribution in [2.24, 2.45) is 0 Å². The number of thiophene rings is 1. The molecule has 0 fully saturated rings. The molecule has 0 saturated carbocycles. The Morgan fingerprint density at radius 1 is 1.22 bits per heavy atom. The molecule has 1 aromatic heterocycles. The number of carboxylic acid groups (broad SMARTS) is 1. The molecular weight excluding hydrogens is 265 g/mol. The molecule has 1 N–H and O–H groups in total. The van der Waals surface area contributed by atoms with E-state index in [1.165, 1.54) is 29.6 Å². The van der Waals surface area contributed by atoms with Crippen LogP contribution in [0.1, 0.15) is 15.9 Å². The lowest BCUT2D eigenvalue weighted by Gasteiger charge is -2.10. The van der Waals surface area contributed by atoms with Gasteiger partial charge in [-0.2, -0.15) is 13.2 Å². The van der Waals surface area contributed by atoms with E-state index >= 15 is 0 Å². The number of aromatic carboxylic acids is 1. The summed E-state index contributed by atoms with van der Waals surface area (Å²) in [5.41, 5.74) is -0.765. The largest absolute Gasteiger partial charge is 0.478 e. The third kappa shape index (κ3) is 2.38. The molecule has 1 heterocycles. The van der Waals surface area contributed by atoms with Gasteiger partial charge in [-0.1, -0.05) is 18.2 Å². The van der Waals surface area contributed by atoms with Crippen molar-refractivity contribution in [2.45, 2.75) is 6.18 Å². The first-order valence-corrected chi connectivity index (χ1v) is 5.76. The molecule has 0 bridgehead atoms. The highest BCUT2D eigenvalue weighted by molar-refractivity contribution is 7.13. The van der Waals surface area contributed by atoms with Gasteiger partial charge >= 0.3 is 12.1 Å². The van der Waals surface area contributed by atoms with E-state index in [4.69, 9.17) is 5.11 Å². The third-order valence-electron chi connectivity index (χ3n) is 2.34. The van der Waals surface area contributed by atoms with Crippen LogP contribution in [-0.2, 0) is 6.18 Å². The zero-order valence-electron chi connectivity index (χ0n) is 8.86. The van der Waals surface area contributed by atoms with E-state index in [1.54, 1.807) is 0 Å². The normalized spacial score (nSPS) is 11.5. The molecule has 0 aliphatic heterocycles. The van der Waals surface area contributed by atoms with E-state index in [0.29, 0.717) is 4.88 Å². The fraction of sp³-hybridized carbons (Fsp3) is 0.0833. The fourth-order valence-corrected chi connectivity index (χ4v) is 2.46. The van der Waals surface area contributed by atoms with Gasteiger partial charge in [-0.3, -0.25) is 0 Å². The Balaban J connectivity index is 2.53. The van der Waals surface area contributed by atoms with E-state index in [-0.39, 0.29) is 11.1 Å². The van der Waals surface area contributed by atoms with E-state index < -0.39 is 17.7 Å². The smallest absolute Gasteiger partial charge is 0.417 e. The van der Waals surface area contributed by atoms with Crippen LogP contribution in [0.4, 0.5) is 13.2 Å². The van der Waals surface area contributed by atoms with Gasteiger partial charge in [-0.15, -0.1) is 11.3 Å². The number of halogens is 3. The Morgan fingerprint density at radius 3 is 2.44 bits per heavy atom. The van der Waals surface area contributed by atoms with Crippen LogP contribution in [0.25, 0.3) is 10.4 Å². The highest BCUT2D eigenvalue weighted by atomic mass is 32.1. The van der Waals surface area contributed by atoms with Crippen LogP contribution >= 0.6 is 11.3 Å². The number of rotatable bonds is 2. The van der Waals surface area contributed by atoms with Crippen molar-refractivity contribution in [1.82, 2.24) is 0 Å². The average Bonchev–Trinajstić information content (AvgIpc) is 2.77. The number of alkyl halides is 3. The standard InChI is InChI=1S/C12H7F3O2S/c13-12(14,15)9-4-2-1-3-8(9)10-5-7(6-18-10)11(16)17/h1-6H,(H,16,17). The first-order valence-electron chi connectivity index (χ1n) is 4.88. The van der Waals surface area contributed by atoms with Gasteiger partial charge in [0.2, 0.25) is 0 Å². The van der Waals surface area contributed by atoms with Crippen LogP contribution in [0.2, 0.25) is 0 Å². The molecule has 2 nitrogen and oxygen atoms in total. The second-order valence-corrected chi connectivity index (χ2v) is 4.46. The SMILES string of the molecule is O=C(O)c1csc(-c2ccccc2C(F)(F)F)c1. The van der Waals surface area contributed by atoms with Gasteiger partial charge in [0.1, 0.15) is 0 Å². The zero-order chi connectivity index (χ0) is 13.3. The van der Waals surface area contributed by atoms with Gasteiger partial charge in [0.05, 0.1) is 11.1 Å². The van der Waals surface area contributed by atoms with Crippen molar-refractivity contribution in [2.75, 3.05) is 0 Å². The highest BCUT2D eigenvalue weighted by Crippen LogP contribution is 2.39. The van der Waals surface area contributed by atoms with Gasteiger partial charge in [-0.05, 0) is 12.1 Å². The summed E-state index contributed by atoms with van der Waals surface area (Å²) in [5.74, 6) is -1.15. The number of benzene rings is 1. The minimum absolute atomic E-state index is 0.00231. The molecule has 0 radical (unpaired) electrons. The molecule has 2 aromatic rings. The maximum Gasteiger partial charge on any atom is 0.417 e. The first kappa shape index (κ1) is 12.6. The molecule has 6 heteroatoms. The molecule has 0 unspecified atom stereocenters. The minimum Gasteiger partial charge on any atom is -0.478 e. The molecule has 94 valence electrons.